The molecule has 0 aliphatic heterocycles. The lowest BCUT2D eigenvalue weighted by atomic mass is 10.1. The number of aromatic nitrogens is 6. The van der Waals surface area contributed by atoms with Crippen LogP contribution >= 0.6 is 0 Å². The quantitative estimate of drug-likeness (QED) is 0.489. The molecule has 4 aromatic heterocycles. The summed E-state index contributed by atoms with van der Waals surface area (Å²) in [5, 5.41) is 13.2. The molecule has 5 aromatic rings. The van der Waals surface area contributed by atoms with Gasteiger partial charge in [0.25, 0.3) is 5.56 Å². The van der Waals surface area contributed by atoms with Gasteiger partial charge in [-0.2, -0.15) is 5.10 Å². The second-order valence-electron chi connectivity index (χ2n) is 6.57. The van der Waals surface area contributed by atoms with E-state index in [0.717, 1.165) is 22.5 Å². The number of fused-ring (bicyclic) bond motifs is 3. The van der Waals surface area contributed by atoms with Crippen molar-refractivity contribution >= 4 is 16.7 Å². The standard InChI is InChI=1S/C21H16N6O/c1-14-18(15-7-3-2-4-8-15)20-24-23-19-17(27(20)25-14)10-12-26(21(19)28)13-16-9-5-6-11-22-16/h2-12H,13H2,1H3. The summed E-state index contributed by atoms with van der Waals surface area (Å²) < 4.78 is 3.28. The second-order valence-corrected chi connectivity index (χ2v) is 6.57. The van der Waals surface area contributed by atoms with Crippen molar-refractivity contribution in [3.8, 4) is 11.1 Å². The van der Waals surface area contributed by atoms with Gasteiger partial charge in [0.2, 0.25) is 0 Å². The number of rotatable bonds is 3. The molecule has 4 heterocycles. The van der Waals surface area contributed by atoms with Crippen LogP contribution in [0.2, 0.25) is 0 Å². The average molecular weight is 368 g/mol. The molecular formula is C21H16N6O. The lowest BCUT2D eigenvalue weighted by molar-refractivity contribution is 0.741. The van der Waals surface area contributed by atoms with Gasteiger partial charge < -0.3 is 4.57 Å². The first-order valence-corrected chi connectivity index (χ1v) is 8.93. The molecule has 0 saturated carbocycles. The largest absolute Gasteiger partial charge is 0.307 e. The van der Waals surface area contributed by atoms with Gasteiger partial charge in [0.05, 0.1) is 23.5 Å². The Balaban J connectivity index is 1.70. The van der Waals surface area contributed by atoms with Gasteiger partial charge in [-0.1, -0.05) is 36.4 Å². The van der Waals surface area contributed by atoms with Crippen molar-refractivity contribution in [2.75, 3.05) is 0 Å². The maximum Gasteiger partial charge on any atom is 0.280 e. The van der Waals surface area contributed by atoms with E-state index in [2.05, 4.69) is 20.3 Å². The Hall–Kier alpha value is -3.87. The fourth-order valence-electron chi connectivity index (χ4n) is 3.42. The van der Waals surface area contributed by atoms with E-state index in [-0.39, 0.29) is 11.1 Å². The van der Waals surface area contributed by atoms with Crippen molar-refractivity contribution in [3.05, 3.63) is 88.7 Å². The zero-order valence-electron chi connectivity index (χ0n) is 15.1. The number of nitrogens with zero attached hydrogens (tertiary/aromatic N) is 6. The fraction of sp³-hybridized carbons (Fsp3) is 0.0952. The Morgan fingerprint density at radius 2 is 1.79 bits per heavy atom. The van der Waals surface area contributed by atoms with Crippen LogP contribution in [0.25, 0.3) is 27.8 Å². The zero-order valence-corrected chi connectivity index (χ0v) is 15.1. The maximum absolute atomic E-state index is 12.9. The number of aryl methyl sites for hydroxylation is 1. The molecule has 0 spiro atoms. The summed E-state index contributed by atoms with van der Waals surface area (Å²) in [6, 6.07) is 17.4. The maximum atomic E-state index is 12.9. The Labute approximate surface area is 159 Å². The molecule has 0 amide bonds. The van der Waals surface area contributed by atoms with Crippen molar-refractivity contribution in [2.45, 2.75) is 13.5 Å². The van der Waals surface area contributed by atoms with Gasteiger partial charge in [-0.25, -0.2) is 4.52 Å². The van der Waals surface area contributed by atoms with E-state index in [1.807, 2.05) is 61.5 Å². The van der Waals surface area contributed by atoms with Gasteiger partial charge in [0.1, 0.15) is 5.52 Å². The minimum absolute atomic E-state index is 0.216. The summed E-state index contributed by atoms with van der Waals surface area (Å²) in [5.74, 6) is 0. The van der Waals surface area contributed by atoms with Crippen molar-refractivity contribution in [1.82, 2.24) is 29.4 Å². The van der Waals surface area contributed by atoms with Crippen LogP contribution < -0.4 is 5.56 Å². The van der Waals surface area contributed by atoms with Crippen LogP contribution in [0.1, 0.15) is 11.4 Å². The highest BCUT2D eigenvalue weighted by Crippen LogP contribution is 2.27. The molecule has 0 N–H and O–H groups in total. The van der Waals surface area contributed by atoms with Crippen LogP contribution in [-0.4, -0.2) is 29.4 Å². The third-order valence-corrected chi connectivity index (χ3v) is 4.75. The van der Waals surface area contributed by atoms with E-state index in [1.54, 1.807) is 21.5 Å². The van der Waals surface area contributed by atoms with E-state index >= 15 is 0 Å². The third kappa shape index (κ3) is 2.56. The van der Waals surface area contributed by atoms with Crippen LogP contribution in [0.15, 0.2) is 71.8 Å². The molecule has 136 valence electrons. The van der Waals surface area contributed by atoms with Gasteiger partial charge >= 0.3 is 0 Å². The summed E-state index contributed by atoms with van der Waals surface area (Å²) in [6.45, 7) is 2.31. The summed E-state index contributed by atoms with van der Waals surface area (Å²) in [5.41, 5.74) is 4.93. The Morgan fingerprint density at radius 1 is 0.964 bits per heavy atom. The monoisotopic (exact) mass is 368 g/mol. The molecule has 7 heteroatoms. The number of hydrogen-bond acceptors (Lipinski definition) is 5. The van der Waals surface area contributed by atoms with Crippen LogP contribution in [0, 0.1) is 6.92 Å². The molecule has 28 heavy (non-hydrogen) atoms. The van der Waals surface area contributed by atoms with Gasteiger partial charge in [-0.05, 0) is 30.7 Å². The van der Waals surface area contributed by atoms with Gasteiger partial charge in [-0.3, -0.25) is 9.78 Å². The van der Waals surface area contributed by atoms with Gasteiger partial charge in [0.15, 0.2) is 11.2 Å². The predicted octanol–water partition coefficient (Wildman–Crippen LogP) is 2.86. The normalized spacial score (nSPS) is 11.3. The first kappa shape index (κ1) is 16.3. The molecule has 0 fully saturated rings. The minimum atomic E-state index is -0.216. The Morgan fingerprint density at radius 3 is 2.57 bits per heavy atom. The molecule has 0 unspecified atom stereocenters. The Kier molecular flexibility index (Phi) is 3.72. The number of hydrogen-bond donors (Lipinski definition) is 0. The molecule has 1 aromatic carbocycles. The second kappa shape index (κ2) is 6.38. The average Bonchev–Trinajstić information content (AvgIpc) is 3.07. The highest BCUT2D eigenvalue weighted by Gasteiger charge is 2.17. The molecule has 0 bridgehead atoms. The van der Waals surface area contributed by atoms with E-state index in [4.69, 9.17) is 0 Å². The first-order chi connectivity index (χ1) is 13.7. The van der Waals surface area contributed by atoms with Crippen molar-refractivity contribution < 1.29 is 0 Å². The van der Waals surface area contributed by atoms with Crippen molar-refractivity contribution in [3.63, 3.8) is 0 Å². The predicted molar refractivity (Wildman–Crippen MR) is 106 cm³/mol. The highest BCUT2D eigenvalue weighted by molar-refractivity contribution is 5.84. The first-order valence-electron chi connectivity index (χ1n) is 8.93. The van der Waals surface area contributed by atoms with Crippen LogP contribution in [0.3, 0.4) is 0 Å². The van der Waals surface area contributed by atoms with E-state index in [0.29, 0.717) is 17.7 Å². The molecule has 0 aliphatic rings. The molecule has 0 radical (unpaired) electrons. The molecule has 7 nitrogen and oxygen atoms in total. The third-order valence-electron chi connectivity index (χ3n) is 4.75. The molecule has 0 atom stereocenters. The van der Waals surface area contributed by atoms with E-state index in [1.165, 1.54) is 0 Å². The highest BCUT2D eigenvalue weighted by atomic mass is 16.1. The van der Waals surface area contributed by atoms with Crippen molar-refractivity contribution in [1.29, 1.82) is 0 Å². The van der Waals surface area contributed by atoms with Crippen LogP contribution in [0.5, 0.6) is 0 Å². The van der Waals surface area contributed by atoms with Crippen LogP contribution in [-0.2, 0) is 6.54 Å². The number of benzene rings is 1. The molecule has 0 saturated heterocycles. The minimum Gasteiger partial charge on any atom is -0.307 e. The summed E-state index contributed by atoms with van der Waals surface area (Å²) in [6.07, 6.45) is 3.46. The molecule has 0 aliphatic carbocycles. The lowest BCUT2D eigenvalue weighted by Gasteiger charge is -2.07. The zero-order chi connectivity index (χ0) is 19.1. The Bertz CT molecular complexity index is 1360. The molecular weight excluding hydrogens is 352 g/mol. The van der Waals surface area contributed by atoms with Crippen LogP contribution in [0.4, 0.5) is 0 Å². The summed E-state index contributed by atoms with van der Waals surface area (Å²) in [7, 11) is 0. The lowest BCUT2D eigenvalue weighted by Crippen LogP contribution is -2.22. The van der Waals surface area contributed by atoms with E-state index < -0.39 is 0 Å². The molecule has 5 rings (SSSR count). The SMILES string of the molecule is Cc1nn2c(nnc3c(=O)n(Cc4ccccn4)ccc32)c1-c1ccccc1. The topological polar surface area (TPSA) is 78.0 Å². The fourth-order valence-corrected chi connectivity index (χ4v) is 3.42. The smallest absolute Gasteiger partial charge is 0.280 e. The summed E-state index contributed by atoms with van der Waals surface area (Å²) in [4.78, 5) is 17.2. The van der Waals surface area contributed by atoms with Gasteiger partial charge in [-0.15, -0.1) is 10.2 Å². The summed E-state index contributed by atoms with van der Waals surface area (Å²) >= 11 is 0. The van der Waals surface area contributed by atoms with E-state index in [9.17, 15) is 4.79 Å². The van der Waals surface area contributed by atoms with Crippen molar-refractivity contribution in [2.24, 2.45) is 0 Å². The van der Waals surface area contributed by atoms with Gasteiger partial charge in [0, 0.05) is 12.4 Å². The number of pyridine rings is 2.